The molecule has 3 rings (SSSR count). The Morgan fingerprint density at radius 1 is 1.32 bits per heavy atom. The average Bonchev–Trinajstić information content (AvgIpc) is 3.09. The summed E-state index contributed by atoms with van der Waals surface area (Å²) >= 11 is 0. The maximum absolute atomic E-state index is 12.4. The van der Waals surface area contributed by atoms with E-state index in [0.717, 1.165) is 16.6 Å². The number of carbonyl (C=O) groups is 1. The van der Waals surface area contributed by atoms with E-state index in [4.69, 9.17) is 0 Å². The summed E-state index contributed by atoms with van der Waals surface area (Å²) in [7, 11) is 0. The Hall–Kier alpha value is -2.70. The first-order valence-corrected chi connectivity index (χ1v) is 7.03. The number of benzene rings is 1. The van der Waals surface area contributed by atoms with E-state index in [1.54, 1.807) is 17.2 Å². The summed E-state index contributed by atoms with van der Waals surface area (Å²) < 4.78 is 1.67. The van der Waals surface area contributed by atoms with Gasteiger partial charge in [0.2, 0.25) is 0 Å². The van der Waals surface area contributed by atoms with Gasteiger partial charge in [0.1, 0.15) is 5.52 Å². The second kappa shape index (κ2) is 4.94. The van der Waals surface area contributed by atoms with Crippen LogP contribution in [0.25, 0.3) is 11.0 Å². The summed E-state index contributed by atoms with van der Waals surface area (Å²) in [5.41, 5.74) is 3.30. The Morgan fingerprint density at radius 2 is 2.09 bits per heavy atom. The van der Waals surface area contributed by atoms with Crippen molar-refractivity contribution < 1.29 is 4.79 Å². The van der Waals surface area contributed by atoms with Crippen molar-refractivity contribution in [3.8, 4) is 0 Å². The highest BCUT2D eigenvalue weighted by atomic mass is 16.2. The number of rotatable bonds is 2. The zero-order valence-corrected chi connectivity index (χ0v) is 13.0. The Morgan fingerprint density at radius 3 is 2.77 bits per heavy atom. The van der Waals surface area contributed by atoms with Crippen molar-refractivity contribution in [3.05, 3.63) is 35.9 Å². The van der Waals surface area contributed by atoms with Gasteiger partial charge < -0.3 is 10.3 Å². The summed E-state index contributed by atoms with van der Waals surface area (Å²) in [4.78, 5) is 19.7. The monoisotopic (exact) mass is 298 g/mol. The van der Waals surface area contributed by atoms with Gasteiger partial charge in [-0.15, -0.1) is 5.10 Å². The number of nitrogens with one attached hydrogen (secondary N) is 2. The molecule has 0 aliphatic heterocycles. The topological polar surface area (TPSA) is 88.5 Å². The molecule has 114 valence electrons. The molecule has 0 aliphatic carbocycles. The quantitative estimate of drug-likeness (QED) is 0.760. The third kappa shape index (κ3) is 2.45. The highest BCUT2D eigenvalue weighted by Crippen LogP contribution is 2.25. The maximum Gasteiger partial charge on any atom is 0.277 e. The number of amides is 1. The van der Waals surface area contributed by atoms with Crippen LogP contribution in [0.3, 0.4) is 0 Å². The SMILES string of the molecule is Cc1ccc2[nH]cnc2c1NC(=O)c1cn(C(C)(C)C)nn1. The van der Waals surface area contributed by atoms with Crippen LogP contribution in [-0.2, 0) is 5.54 Å². The number of aromatic amines is 1. The van der Waals surface area contributed by atoms with Gasteiger partial charge in [-0.2, -0.15) is 0 Å². The van der Waals surface area contributed by atoms with Crippen LogP contribution >= 0.6 is 0 Å². The number of hydrogen-bond acceptors (Lipinski definition) is 4. The predicted octanol–water partition coefficient (Wildman–Crippen LogP) is 2.47. The van der Waals surface area contributed by atoms with E-state index in [0.29, 0.717) is 5.69 Å². The molecule has 0 unspecified atom stereocenters. The molecular formula is C15H18N6O. The number of anilines is 1. The Bertz CT molecular complexity index is 839. The van der Waals surface area contributed by atoms with Crippen molar-refractivity contribution in [2.45, 2.75) is 33.2 Å². The third-order valence-corrected chi connectivity index (χ3v) is 3.45. The molecule has 0 aliphatic rings. The zero-order chi connectivity index (χ0) is 15.9. The molecule has 0 atom stereocenters. The van der Waals surface area contributed by atoms with Gasteiger partial charge in [0.15, 0.2) is 5.69 Å². The lowest BCUT2D eigenvalue weighted by atomic mass is 10.1. The Balaban J connectivity index is 1.92. The van der Waals surface area contributed by atoms with Crippen LogP contribution in [0.4, 0.5) is 5.69 Å². The van der Waals surface area contributed by atoms with Gasteiger partial charge in [-0.3, -0.25) is 4.79 Å². The molecule has 2 N–H and O–H groups in total. The number of imidazole rings is 1. The van der Waals surface area contributed by atoms with Crippen LogP contribution < -0.4 is 5.32 Å². The molecular weight excluding hydrogens is 280 g/mol. The van der Waals surface area contributed by atoms with Crippen LogP contribution in [0, 0.1) is 6.92 Å². The highest BCUT2D eigenvalue weighted by molar-refractivity contribution is 6.07. The second-order valence-corrected chi connectivity index (χ2v) is 6.23. The normalized spacial score (nSPS) is 11.8. The molecule has 1 amide bonds. The maximum atomic E-state index is 12.4. The standard InChI is InChI=1S/C15H18N6O/c1-9-5-6-10-13(17-8-16-10)12(9)18-14(22)11-7-21(20-19-11)15(2,3)4/h5-8H,1-4H3,(H,16,17)(H,18,22). The van der Waals surface area contributed by atoms with E-state index in [-0.39, 0.29) is 17.1 Å². The number of carbonyl (C=O) groups excluding carboxylic acids is 1. The molecule has 22 heavy (non-hydrogen) atoms. The fourth-order valence-corrected chi connectivity index (χ4v) is 2.14. The van der Waals surface area contributed by atoms with Gasteiger partial charge in [-0.25, -0.2) is 9.67 Å². The highest BCUT2D eigenvalue weighted by Gasteiger charge is 2.19. The molecule has 1 aromatic carbocycles. The molecule has 0 radical (unpaired) electrons. The van der Waals surface area contributed by atoms with Crippen LogP contribution in [0.1, 0.15) is 36.8 Å². The van der Waals surface area contributed by atoms with Crippen LogP contribution in [0.15, 0.2) is 24.7 Å². The number of aryl methyl sites for hydroxylation is 1. The first kappa shape index (κ1) is 14.2. The number of fused-ring (bicyclic) bond motifs is 1. The van der Waals surface area contributed by atoms with Gasteiger partial charge in [0.25, 0.3) is 5.91 Å². The molecule has 2 aromatic heterocycles. The van der Waals surface area contributed by atoms with Gasteiger partial charge in [0.05, 0.1) is 29.3 Å². The van der Waals surface area contributed by atoms with Crippen molar-refractivity contribution in [1.29, 1.82) is 0 Å². The second-order valence-electron chi connectivity index (χ2n) is 6.23. The van der Waals surface area contributed by atoms with Crippen molar-refractivity contribution >= 4 is 22.6 Å². The largest absolute Gasteiger partial charge is 0.345 e. The van der Waals surface area contributed by atoms with E-state index in [1.807, 2.05) is 39.8 Å². The summed E-state index contributed by atoms with van der Waals surface area (Å²) in [5, 5.41) is 10.8. The summed E-state index contributed by atoms with van der Waals surface area (Å²) in [6.45, 7) is 7.92. The fourth-order valence-electron chi connectivity index (χ4n) is 2.14. The number of aromatic nitrogens is 5. The summed E-state index contributed by atoms with van der Waals surface area (Å²) in [6, 6.07) is 3.87. The minimum Gasteiger partial charge on any atom is -0.345 e. The number of hydrogen-bond donors (Lipinski definition) is 2. The molecule has 0 spiro atoms. The molecule has 0 saturated carbocycles. The Labute approximate surface area is 127 Å². The molecule has 0 saturated heterocycles. The molecule has 7 heteroatoms. The first-order valence-electron chi connectivity index (χ1n) is 7.03. The van der Waals surface area contributed by atoms with Gasteiger partial charge >= 0.3 is 0 Å². The lowest BCUT2D eigenvalue weighted by Gasteiger charge is -2.17. The van der Waals surface area contributed by atoms with Crippen LogP contribution in [0.5, 0.6) is 0 Å². The third-order valence-electron chi connectivity index (χ3n) is 3.45. The van der Waals surface area contributed by atoms with Gasteiger partial charge in [-0.1, -0.05) is 11.3 Å². The van der Waals surface area contributed by atoms with Crippen molar-refractivity contribution in [2.24, 2.45) is 0 Å². The van der Waals surface area contributed by atoms with E-state index in [2.05, 4.69) is 25.6 Å². The number of H-pyrrole nitrogens is 1. The minimum absolute atomic E-state index is 0.219. The molecule has 3 aromatic rings. The first-order chi connectivity index (χ1) is 10.4. The summed E-state index contributed by atoms with van der Waals surface area (Å²) in [6.07, 6.45) is 3.25. The molecule has 7 nitrogen and oxygen atoms in total. The fraction of sp³-hybridized carbons (Fsp3) is 0.333. The van der Waals surface area contributed by atoms with E-state index < -0.39 is 0 Å². The van der Waals surface area contributed by atoms with Crippen LogP contribution in [0.2, 0.25) is 0 Å². The predicted molar refractivity (Wildman–Crippen MR) is 83.8 cm³/mol. The van der Waals surface area contributed by atoms with E-state index in [9.17, 15) is 4.79 Å². The smallest absolute Gasteiger partial charge is 0.277 e. The van der Waals surface area contributed by atoms with Gasteiger partial charge in [-0.05, 0) is 39.3 Å². The molecule has 2 heterocycles. The number of nitrogens with zero attached hydrogens (tertiary/aromatic N) is 4. The summed E-state index contributed by atoms with van der Waals surface area (Å²) in [5.74, 6) is -0.297. The average molecular weight is 298 g/mol. The van der Waals surface area contributed by atoms with Crippen LogP contribution in [-0.4, -0.2) is 30.9 Å². The molecule has 0 bridgehead atoms. The van der Waals surface area contributed by atoms with Crippen molar-refractivity contribution in [1.82, 2.24) is 25.0 Å². The zero-order valence-electron chi connectivity index (χ0n) is 13.0. The van der Waals surface area contributed by atoms with Crippen molar-refractivity contribution in [2.75, 3.05) is 5.32 Å². The minimum atomic E-state index is -0.297. The molecule has 0 fully saturated rings. The lowest BCUT2D eigenvalue weighted by Crippen LogP contribution is -2.22. The van der Waals surface area contributed by atoms with Crippen molar-refractivity contribution in [3.63, 3.8) is 0 Å². The van der Waals surface area contributed by atoms with Gasteiger partial charge in [0, 0.05) is 0 Å². The van der Waals surface area contributed by atoms with E-state index >= 15 is 0 Å². The van der Waals surface area contributed by atoms with E-state index in [1.165, 1.54) is 0 Å². The lowest BCUT2D eigenvalue weighted by molar-refractivity contribution is 0.102. The Kier molecular flexibility index (Phi) is 3.20.